The summed E-state index contributed by atoms with van der Waals surface area (Å²) in [6, 6.07) is 24.5. The van der Waals surface area contributed by atoms with Crippen LogP contribution in [0.4, 0.5) is 0 Å². The van der Waals surface area contributed by atoms with Crippen LogP contribution in [0.5, 0.6) is 0 Å². The first-order valence-electron chi connectivity index (χ1n) is 10.6. The number of rotatable bonds is 11. The van der Waals surface area contributed by atoms with Crippen LogP contribution in [-0.2, 0) is 27.7 Å². The molecule has 0 aliphatic rings. The largest absolute Gasteiger partial charge is 0.355 e. The molecule has 1 amide bonds. The summed E-state index contributed by atoms with van der Waals surface area (Å²) in [6.45, 7) is 0.486. The molecular weight excluding hydrogens is 444 g/mol. The van der Waals surface area contributed by atoms with Gasteiger partial charge in [0, 0.05) is 11.6 Å². The van der Waals surface area contributed by atoms with Crippen LogP contribution in [0.15, 0.2) is 89.8 Å². The molecule has 32 heavy (non-hydrogen) atoms. The summed E-state index contributed by atoms with van der Waals surface area (Å²) in [5.74, 6) is -0.342. The third-order valence-corrected chi connectivity index (χ3v) is 6.79. The van der Waals surface area contributed by atoms with Crippen LogP contribution in [-0.4, -0.2) is 26.9 Å². The van der Waals surface area contributed by atoms with Crippen molar-refractivity contribution in [2.45, 2.75) is 36.6 Å². The summed E-state index contributed by atoms with van der Waals surface area (Å²) < 4.78 is 28.3. The number of benzene rings is 3. The van der Waals surface area contributed by atoms with E-state index >= 15 is 0 Å². The fourth-order valence-corrected chi connectivity index (χ4v) is 4.66. The van der Waals surface area contributed by atoms with E-state index in [9.17, 15) is 13.2 Å². The van der Waals surface area contributed by atoms with Crippen LogP contribution in [0.1, 0.15) is 24.0 Å². The molecule has 0 saturated carbocycles. The molecule has 1 unspecified atom stereocenters. The Bertz CT molecular complexity index is 1090. The summed E-state index contributed by atoms with van der Waals surface area (Å²) >= 11 is 5.87. The summed E-state index contributed by atoms with van der Waals surface area (Å²) in [7, 11) is -3.88. The van der Waals surface area contributed by atoms with E-state index in [4.69, 9.17) is 11.6 Å². The second kappa shape index (κ2) is 11.8. The molecule has 168 valence electrons. The SMILES string of the molecule is O=C(NCCCCc1ccccc1)C(Cc1ccccc1)NS(=O)(=O)c1ccc(Cl)cc1. The lowest BCUT2D eigenvalue weighted by Crippen LogP contribution is -2.48. The highest BCUT2D eigenvalue weighted by Gasteiger charge is 2.26. The maximum Gasteiger partial charge on any atom is 0.241 e. The van der Waals surface area contributed by atoms with Gasteiger partial charge in [-0.1, -0.05) is 72.3 Å². The van der Waals surface area contributed by atoms with Crippen molar-refractivity contribution in [3.05, 3.63) is 101 Å². The predicted octanol–water partition coefficient (Wildman–Crippen LogP) is 4.37. The third-order valence-electron chi connectivity index (χ3n) is 5.05. The van der Waals surface area contributed by atoms with Crippen LogP contribution in [0, 0.1) is 0 Å². The van der Waals surface area contributed by atoms with Gasteiger partial charge in [0.1, 0.15) is 6.04 Å². The number of amides is 1. The van der Waals surface area contributed by atoms with Crippen molar-refractivity contribution < 1.29 is 13.2 Å². The highest BCUT2D eigenvalue weighted by Crippen LogP contribution is 2.15. The summed E-state index contributed by atoms with van der Waals surface area (Å²) in [6.07, 6.45) is 2.93. The van der Waals surface area contributed by atoms with Crippen LogP contribution in [0.2, 0.25) is 5.02 Å². The maximum absolute atomic E-state index is 12.9. The van der Waals surface area contributed by atoms with Gasteiger partial charge in [-0.3, -0.25) is 4.79 Å². The Labute approximate surface area is 194 Å². The van der Waals surface area contributed by atoms with E-state index in [-0.39, 0.29) is 17.2 Å². The molecule has 3 aromatic rings. The lowest BCUT2D eigenvalue weighted by atomic mass is 10.1. The van der Waals surface area contributed by atoms with E-state index in [0.29, 0.717) is 11.6 Å². The molecule has 0 saturated heterocycles. The third kappa shape index (κ3) is 7.48. The molecule has 0 aliphatic heterocycles. The Hall–Kier alpha value is -2.67. The normalized spacial score (nSPS) is 12.3. The maximum atomic E-state index is 12.9. The number of aryl methyl sites for hydroxylation is 1. The fourth-order valence-electron chi connectivity index (χ4n) is 3.34. The lowest BCUT2D eigenvalue weighted by molar-refractivity contribution is -0.122. The van der Waals surface area contributed by atoms with Gasteiger partial charge in [-0.25, -0.2) is 8.42 Å². The molecule has 0 fully saturated rings. The number of nitrogens with one attached hydrogen (secondary N) is 2. The summed E-state index contributed by atoms with van der Waals surface area (Å²) in [4.78, 5) is 13.0. The molecule has 0 bridgehead atoms. The minimum Gasteiger partial charge on any atom is -0.355 e. The van der Waals surface area contributed by atoms with Crippen LogP contribution < -0.4 is 10.0 Å². The molecule has 7 heteroatoms. The predicted molar refractivity (Wildman–Crippen MR) is 128 cm³/mol. The van der Waals surface area contributed by atoms with Crippen molar-refractivity contribution >= 4 is 27.5 Å². The van der Waals surface area contributed by atoms with Crippen molar-refractivity contribution in [3.8, 4) is 0 Å². The number of hydrogen-bond acceptors (Lipinski definition) is 3. The minimum absolute atomic E-state index is 0.0654. The molecule has 0 aromatic heterocycles. The zero-order valence-corrected chi connectivity index (χ0v) is 19.3. The van der Waals surface area contributed by atoms with Crippen LogP contribution >= 0.6 is 11.6 Å². The van der Waals surface area contributed by atoms with Gasteiger partial charge in [-0.05, 0) is 61.1 Å². The van der Waals surface area contributed by atoms with Gasteiger partial charge < -0.3 is 5.32 Å². The Morgan fingerprint density at radius 1 is 0.812 bits per heavy atom. The number of hydrogen-bond donors (Lipinski definition) is 2. The van der Waals surface area contributed by atoms with Gasteiger partial charge in [0.15, 0.2) is 0 Å². The highest BCUT2D eigenvalue weighted by atomic mass is 35.5. The highest BCUT2D eigenvalue weighted by molar-refractivity contribution is 7.89. The molecule has 3 aromatic carbocycles. The first-order chi connectivity index (χ1) is 15.4. The lowest BCUT2D eigenvalue weighted by Gasteiger charge is -2.19. The van der Waals surface area contributed by atoms with Crippen molar-refractivity contribution in [2.75, 3.05) is 6.54 Å². The Morgan fingerprint density at radius 3 is 2.03 bits per heavy atom. The van der Waals surface area contributed by atoms with Gasteiger partial charge in [0.25, 0.3) is 0 Å². The van der Waals surface area contributed by atoms with Gasteiger partial charge in [-0.15, -0.1) is 0 Å². The molecule has 0 heterocycles. The second-order valence-electron chi connectivity index (χ2n) is 7.55. The van der Waals surface area contributed by atoms with E-state index in [0.717, 1.165) is 24.8 Å². The van der Waals surface area contributed by atoms with Crippen molar-refractivity contribution in [1.82, 2.24) is 10.0 Å². The van der Waals surface area contributed by atoms with Gasteiger partial charge in [0.2, 0.25) is 15.9 Å². The minimum atomic E-state index is -3.88. The quantitative estimate of drug-likeness (QED) is 0.408. The number of unbranched alkanes of at least 4 members (excludes halogenated alkanes) is 1. The van der Waals surface area contributed by atoms with E-state index in [1.54, 1.807) is 0 Å². The number of carbonyl (C=O) groups excluding carboxylic acids is 1. The van der Waals surface area contributed by atoms with E-state index < -0.39 is 16.1 Å². The molecular formula is C25H27ClN2O3S. The monoisotopic (exact) mass is 470 g/mol. The molecule has 5 nitrogen and oxygen atoms in total. The van der Waals surface area contributed by atoms with Crippen LogP contribution in [0.3, 0.4) is 0 Å². The molecule has 0 spiro atoms. The van der Waals surface area contributed by atoms with E-state index in [2.05, 4.69) is 22.2 Å². The van der Waals surface area contributed by atoms with E-state index in [1.807, 2.05) is 48.5 Å². The topological polar surface area (TPSA) is 75.3 Å². The molecule has 0 radical (unpaired) electrons. The average molecular weight is 471 g/mol. The second-order valence-corrected chi connectivity index (χ2v) is 9.70. The Balaban J connectivity index is 1.61. The Kier molecular flexibility index (Phi) is 8.85. The van der Waals surface area contributed by atoms with Crippen molar-refractivity contribution in [2.24, 2.45) is 0 Å². The van der Waals surface area contributed by atoms with Crippen molar-refractivity contribution in [1.29, 1.82) is 0 Å². The zero-order chi connectivity index (χ0) is 22.8. The molecule has 2 N–H and O–H groups in total. The summed E-state index contributed by atoms with van der Waals surface area (Å²) in [5, 5.41) is 3.33. The molecule has 0 aliphatic carbocycles. The van der Waals surface area contributed by atoms with Crippen molar-refractivity contribution in [3.63, 3.8) is 0 Å². The first kappa shape index (κ1) is 24.0. The number of carbonyl (C=O) groups is 1. The molecule has 3 rings (SSSR count). The first-order valence-corrected chi connectivity index (χ1v) is 12.4. The zero-order valence-electron chi connectivity index (χ0n) is 17.7. The Morgan fingerprint density at radius 2 is 1.41 bits per heavy atom. The number of halogens is 1. The molecule has 1 atom stereocenters. The van der Waals surface area contributed by atoms with Gasteiger partial charge in [0.05, 0.1) is 4.90 Å². The van der Waals surface area contributed by atoms with Gasteiger partial charge in [-0.2, -0.15) is 4.72 Å². The van der Waals surface area contributed by atoms with E-state index in [1.165, 1.54) is 29.8 Å². The standard InChI is InChI=1S/C25H27ClN2O3S/c26-22-14-16-23(17-15-22)32(30,31)28-24(19-21-12-5-2-6-13-21)25(29)27-18-8-7-11-20-9-3-1-4-10-20/h1-6,9-10,12-17,24,28H,7-8,11,18-19H2,(H,27,29). The fraction of sp³-hybridized carbons (Fsp3) is 0.240. The number of sulfonamides is 1. The van der Waals surface area contributed by atoms with Crippen LogP contribution in [0.25, 0.3) is 0 Å². The average Bonchev–Trinajstić information content (AvgIpc) is 2.80. The summed E-state index contributed by atoms with van der Waals surface area (Å²) in [5.41, 5.74) is 2.13. The van der Waals surface area contributed by atoms with Gasteiger partial charge >= 0.3 is 0 Å². The smallest absolute Gasteiger partial charge is 0.241 e.